The lowest BCUT2D eigenvalue weighted by atomic mass is 9.99. The molecule has 2 N–H and O–H groups in total. The van der Waals surface area contributed by atoms with E-state index in [9.17, 15) is 0 Å². The normalized spacial score (nSPS) is 28.5. The van der Waals surface area contributed by atoms with E-state index in [2.05, 4.69) is 41.8 Å². The SMILES string of the molecule is COC1CNC(C)(CNCc2ccccc2)C1. The Balaban J connectivity index is 1.75. The van der Waals surface area contributed by atoms with Crippen molar-refractivity contribution in [3.05, 3.63) is 35.9 Å². The molecule has 94 valence electrons. The summed E-state index contributed by atoms with van der Waals surface area (Å²) in [6.45, 7) is 5.11. The van der Waals surface area contributed by atoms with Gasteiger partial charge in [0.1, 0.15) is 0 Å². The summed E-state index contributed by atoms with van der Waals surface area (Å²) in [5, 5.41) is 7.04. The van der Waals surface area contributed by atoms with Gasteiger partial charge in [-0.25, -0.2) is 0 Å². The van der Waals surface area contributed by atoms with E-state index >= 15 is 0 Å². The number of hydrogen-bond donors (Lipinski definition) is 2. The van der Waals surface area contributed by atoms with Gasteiger partial charge >= 0.3 is 0 Å². The third-order valence-electron chi connectivity index (χ3n) is 3.46. The van der Waals surface area contributed by atoms with Crippen LogP contribution in [0.5, 0.6) is 0 Å². The molecule has 1 heterocycles. The zero-order chi connectivity index (χ0) is 12.1. The molecule has 0 saturated carbocycles. The Labute approximate surface area is 104 Å². The van der Waals surface area contributed by atoms with E-state index in [1.807, 2.05) is 6.07 Å². The van der Waals surface area contributed by atoms with Crippen LogP contribution in [0.3, 0.4) is 0 Å². The molecule has 1 aliphatic rings. The molecule has 0 bridgehead atoms. The second-order valence-corrected chi connectivity index (χ2v) is 5.09. The van der Waals surface area contributed by atoms with Crippen molar-refractivity contribution in [1.82, 2.24) is 10.6 Å². The van der Waals surface area contributed by atoms with Crippen LogP contribution in [0.4, 0.5) is 0 Å². The Hall–Kier alpha value is -0.900. The lowest BCUT2D eigenvalue weighted by molar-refractivity contribution is 0.113. The minimum absolute atomic E-state index is 0.162. The van der Waals surface area contributed by atoms with Gasteiger partial charge in [0.2, 0.25) is 0 Å². The topological polar surface area (TPSA) is 33.3 Å². The Bertz CT molecular complexity index is 341. The molecule has 2 atom stereocenters. The lowest BCUT2D eigenvalue weighted by Gasteiger charge is -2.25. The van der Waals surface area contributed by atoms with E-state index in [-0.39, 0.29) is 5.54 Å². The van der Waals surface area contributed by atoms with Crippen molar-refractivity contribution in [2.45, 2.75) is 31.5 Å². The molecule has 0 aromatic heterocycles. The Morgan fingerprint density at radius 1 is 1.41 bits per heavy atom. The van der Waals surface area contributed by atoms with Gasteiger partial charge in [-0.3, -0.25) is 0 Å². The summed E-state index contributed by atoms with van der Waals surface area (Å²) in [4.78, 5) is 0. The fourth-order valence-corrected chi connectivity index (χ4v) is 2.39. The molecular weight excluding hydrogens is 212 g/mol. The van der Waals surface area contributed by atoms with Crippen molar-refractivity contribution in [2.24, 2.45) is 0 Å². The number of benzene rings is 1. The summed E-state index contributed by atoms with van der Waals surface area (Å²) in [5.74, 6) is 0. The van der Waals surface area contributed by atoms with Gasteiger partial charge in [0.25, 0.3) is 0 Å². The monoisotopic (exact) mass is 234 g/mol. The van der Waals surface area contributed by atoms with Crippen molar-refractivity contribution >= 4 is 0 Å². The smallest absolute Gasteiger partial charge is 0.0713 e. The van der Waals surface area contributed by atoms with Crippen LogP contribution in [0.2, 0.25) is 0 Å². The van der Waals surface area contributed by atoms with Gasteiger partial charge in [0.15, 0.2) is 0 Å². The third-order valence-corrected chi connectivity index (χ3v) is 3.46. The van der Waals surface area contributed by atoms with Gasteiger partial charge in [0.05, 0.1) is 6.10 Å². The van der Waals surface area contributed by atoms with Gasteiger partial charge in [-0.05, 0) is 18.9 Å². The molecule has 1 saturated heterocycles. The molecule has 2 rings (SSSR count). The van der Waals surface area contributed by atoms with E-state index in [4.69, 9.17) is 4.74 Å². The number of hydrogen-bond acceptors (Lipinski definition) is 3. The molecule has 3 nitrogen and oxygen atoms in total. The quantitative estimate of drug-likeness (QED) is 0.811. The highest BCUT2D eigenvalue weighted by atomic mass is 16.5. The fourth-order valence-electron chi connectivity index (χ4n) is 2.39. The summed E-state index contributed by atoms with van der Waals surface area (Å²) < 4.78 is 5.38. The first-order chi connectivity index (χ1) is 8.22. The highest BCUT2D eigenvalue weighted by Gasteiger charge is 2.34. The van der Waals surface area contributed by atoms with Crippen molar-refractivity contribution in [2.75, 3.05) is 20.2 Å². The molecule has 2 unspecified atom stereocenters. The molecule has 0 amide bonds. The average Bonchev–Trinajstić information content (AvgIpc) is 2.73. The zero-order valence-corrected chi connectivity index (χ0v) is 10.7. The van der Waals surface area contributed by atoms with Crippen LogP contribution in [0.15, 0.2) is 30.3 Å². The maximum Gasteiger partial charge on any atom is 0.0713 e. The van der Waals surface area contributed by atoms with Crippen molar-refractivity contribution in [3.63, 3.8) is 0 Å². The summed E-state index contributed by atoms with van der Waals surface area (Å²) in [5.41, 5.74) is 1.49. The van der Waals surface area contributed by atoms with Crippen LogP contribution in [-0.2, 0) is 11.3 Å². The molecule has 1 aromatic rings. The molecule has 0 spiro atoms. The fraction of sp³-hybridized carbons (Fsp3) is 0.571. The highest BCUT2D eigenvalue weighted by molar-refractivity contribution is 5.14. The molecular formula is C14H22N2O. The van der Waals surface area contributed by atoms with Gasteiger partial charge in [-0.15, -0.1) is 0 Å². The average molecular weight is 234 g/mol. The first-order valence-electron chi connectivity index (χ1n) is 6.24. The molecule has 1 aliphatic heterocycles. The molecule has 3 heteroatoms. The van der Waals surface area contributed by atoms with Crippen molar-refractivity contribution < 1.29 is 4.74 Å². The predicted molar refractivity (Wildman–Crippen MR) is 70.0 cm³/mol. The van der Waals surface area contributed by atoms with Gasteiger partial charge in [-0.1, -0.05) is 30.3 Å². The van der Waals surface area contributed by atoms with E-state index in [1.165, 1.54) is 5.56 Å². The Kier molecular flexibility index (Phi) is 4.15. The van der Waals surface area contributed by atoms with Crippen LogP contribution < -0.4 is 10.6 Å². The zero-order valence-electron chi connectivity index (χ0n) is 10.7. The second-order valence-electron chi connectivity index (χ2n) is 5.09. The largest absolute Gasteiger partial charge is 0.380 e. The number of rotatable bonds is 5. The van der Waals surface area contributed by atoms with Gasteiger partial charge in [-0.2, -0.15) is 0 Å². The van der Waals surface area contributed by atoms with Crippen LogP contribution in [0.1, 0.15) is 18.9 Å². The van der Waals surface area contributed by atoms with Crippen molar-refractivity contribution in [1.29, 1.82) is 0 Å². The maximum atomic E-state index is 5.38. The van der Waals surface area contributed by atoms with Gasteiger partial charge < -0.3 is 15.4 Å². The van der Waals surface area contributed by atoms with Crippen LogP contribution in [-0.4, -0.2) is 31.8 Å². The van der Waals surface area contributed by atoms with Gasteiger partial charge in [0, 0.05) is 32.3 Å². The molecule has 0 radical (unpaired) electrons. The van der Waals surface area contributed by atoms with Crippen LogP contribution >= 0.6 is 0 Å². The summed E-state index contributed by atoms with van der Waals surface area (Å²) in [6, 6.07) is 10.5. The van der Waals surface area contributed by atoms with E-state index in [1.54, 1.807) is 7.11 Å². The standard InChI is InChI=1S/C14H22N2O/c1-14(8-13(17-2)10-16-14)11-15-9-12-6-4-3-5-7-12/h3-7,13,15-16H,8-11H2,1-2H3. The summed E-state index contributed by atoms with van der Waals surface area (Å²) in [7, 11) is 1.79. The van der Waals surface area contributed by atoms with E-state index in [0.717, 1.165) is 26.1 Å². The molecule has 1 fully saturated rings. The summed E-state index contributed by atoms with van der Waals surface area (Å²) in [6.07, 6.45) is 1.43. The van der Waals surface area contributed by atoms with E-state index < -0.39 is 0 Å². The maximum absolute atomic E-state index is 5.38. The van der Waals surface area contributed by atoms with E-state index in [0.29, 0.717) is 6.10 Å². The first kappa shape index (κ1) is 12.6. The molecule has 1 aromatic carbocycles. The highest BCUT2D eigenvalue weighted by Crippen LogP contribution is 2.20. The minimum atomic E-state index is 0.162. The lowest BCUT2D eigenvalue weighted by Crippen LogP contribution is -2.45. The molecule has 0 aliphatic carbocycles. The number of nitrogens with one attached hydrogen (secondary N) is 2. The predicted octanol–water partition coefficient (Wildman–Crippen LogP) is 1.54. The third kappa shape index (κ3) is 3.53. The van der Waals surface area contributed by atoms with Crippen molar-refractivity contribution in [3.8, 4) is 0 Å². The van der Waals surface area contributed by atoms with Crippen LogP contribution in [0.25, 0.3) is 0 Å². The minimum Gasteiger partial charge on any atom is -0.380 e. The first-order valence-corrected chi connectivity index (χ1v) is 6.24. The Morgan fingerprint density at radius 2 is 2.18 bits per heavy atom. The number of ether oxygens (including phenoxy) is 1. The Morgan fingerprint density at radius 3 is 2.82 bits per heavy atom. The number of methoxy groups -OCH3 is 1. The van der Waals surface area contributed by atoms with Crippen LogP contribution in [0, 0.1) is 0 Å². The summed E-state index contributed by atoms with van der Waals surface area (Å²) >= 11 is 0. The second kappa shape index (κ2) is 5.63. The molecule has 17 heavy (non-hydrogen) atoms.